The summed E-state index contributed by atoms with van der Waals surface area (Å²) < 4.78 is 0. The standard InChI is InChI=1S/C24H14O/c25-20-13-11-16-9-8-15-5-3-7-18-19-12-10-14-4-1-2-6-17(14)23(19)24(20)22(16)21(15)18/h1-13,25H. The second kappa shape index (κ2) is 4.40. The molecule has 0 aromatic heterocycles. The molecular formula is C24H14O. The molecule has 25 heavy (non-hydrogen) atoms. The molecule has 6 aromatic carbocycles. The fourth-order valence-electron chi connectivity index (χ4n) is 4.43. The number of hydrogen-bond acceptors (Lipinski definition) is 1. The highest BCUT2D eigenvalue weighted by Crippen LogP contribution is 2.45. The first-order chi connectivity index (χ1) is 12.3. The molecule has 0 spiro atoms. The second-order valence-electron chi connectivity index (χ2n) is 6.74. The lowest BCUT2D eigenvalue weighted by atomic mass is 9.87. The van der Waals surface area contributed by atoms with Gasteiger partial charge in [-0.25, -0.2) is 0 Å². The zero-order valence-corrected chi connectivity index (χ0v) is 13.5. The molecule has 0 aliphatic heterocycles. The third-order valence-corrected chi connectivity index (χ3v) is 5.47. The van der Waals surface area contributed by atoms with E-state index in [1.165, 1.54) is 37.7 Å². The topological polar surface area (TPSA) is 20.2 Å². The van der Waals surface area contributed by atoms with Gasteiger partial charge in [-0.2, -0.15) is 0 Å². The Hall–Kier alpha value is -3.32. The van der Waals surface area contributed by atoms with Crippen LogP contribution in [0.3, 0.4) is 0 Å². The van der Waals surface area contributed by atoms with Gasteiger partial charge in [0.1, 0.15) is 5.75 Å². The summed E-state index contributed by atoms with van der Waals surface area (Å²) in [6.45, 7) is 0. The van der Waals surface area contributed by atoms with Crippen molar-refractivity contribution < 1.29 is 5.11 Å². The molecular weight excluding hydrogens is 304 g/mol. The molecule has 0 aliphatic carbocycles. The summed E-state index contributed by atoms with van der Waals surface area (Å²) in [5.74, 6) is 0.354. The Balaban J connectivity index is 2.13. The molecule has 0 saturated heterocycles. The Morgan fingerprint density at radius 2 is 1.04 bits per heavy atom. The van der Waals surface area contributed by atoms with E-state index < -0.39 is 0 Å². The summed E-state index contributed by atoms with van der Waals surface area (Å²) in [6, 6.07) is 27.4. The highest BCUT2D eigenvalue weighted by molar-refractivity contribution is 6.38. The third-order valence-electron chi connectivity index (χ3n) is 5.47. The predicted molar refractivity (Wildman–Crippen MR) is 107 cm³/mol. The van der Waals surface area contributed by atoms with Gasteiger partial charge < -0.3 is 5.11 Å². The zero-order valence-electron chi connectivity index (χ0n) is 13.5. The number of phenols is 1. The first kappa shape index (κ1) is 13.0. The van der Waals surface area contributed by atoms with Crippen LogP contribution >= 0.6 is 0 Å². The number of benzene rings is 6. The van der Waals surface area contributed by atoms with E-state index in [1.54, 1.807) is 0 Å². The Bertz CT molecular complexity index is 1440. The summed E-state index contributed by atoms with van der Waals surface area (Å²) in [5.41, 5.74) is 0. The molecule has 0 atom stereocenters. The van der Waals surface area contributed by atoms with Crippen LogP contribution in [-0.4, -0.2) is 5.11 Å². The van der Waals surface area contributed by atoms with E-state index in [9.17, 15) is 5.11 Å². The Kier molecular flexibility index (Phi) is 2.29. The fourth-order valence-corrected chi connectivity index (χ4v) is 4.43. The van der Waals surface area contributed by atoms with Crippen molar-refractivity contribution in [3.8, 4) is 5.75 Å². The van der Waals surface area contributed by atoms with Crippen molar-refractivity contribution in [3.05, 3.63) is 78.9 Å². The van der Waals surface area contributed by atoms with Crippen LogP contribution in [-0.2, 0) is 0 Å². The first-order valence-electron chi connectivity index (χ1n) is 8.53. The molecule has 1 heteroatoms. The molecule has 0 bridgehead atoms. The van der Waals surface area contributed by atoms with Crippen LogP contribution in [0.15, 0.2) is 78.9 Å². The molecule has 0 unspecified atom stereocenters. The number of aromatic hydroxyl groups is 1. The average Bonchev–Trinajstić information content (AvgIpc) is 2.67. The van der Waals surface area contributed by atoms with Crippen molar-refractivity contribution in [1.82, 2.24) is 0 Å². The minimum absolute atomic E-state index is 0.354. The van der Waals surface area contributed by atoms with E-state index >= 15 is 0 Å². The second-order valence-corrected chi connectivity index (χ2v) is 6.74. The summed E-state index contributed by atoms with van der Waals surface area (Å²) in [4.78, 5) is 0. The van der Waals surface area contributed by atoms with E-state index in [4.69, 9.17) is 0 Å². The monoisotopic (exact) mass is 318 g/mol. The maximum Gasteiger partial charge on any atom is 0.124 e. The van der Waals surface area contributed by atoms with Crippen LogP contribution in [0.25, 0.3) is 53.9 Å². The van der Waals surface area contributed by atoms with Crippen LogP contribution in [0.4, 0.5) is 0 Å². The van der Waals surface area contributed by atoms with Crippen molar-refractivity contribution in [2.24, 2.45) is 0 Å². The normalized spacial score (nSPS) is 12.2. The van der Waals surface area contributed by atoms with E-state index in [1.807, 2.05) is 12.1 Å². The summed E-state index contributed by atoms with van der Waals surface area (Å²) in [5, 5.41) is 22.6. The zero-order chi connectivity index (χ0) is 16.5. The van der Waals surface area contributed by atoms with Crippen molar-refractivity contribution in [1.29, 1.82) is 0 Å². The summed E-state index contributed by atoms with van der Waals surface area (Å²) >= 11 is 0. The van der Waals surface area contributed by atoms with Gasteiger partial charge in [0.25, 0.3) is 0 Å². The van der Waals surface area contributed by atoms with Gasteiger partial charge in [0.2, 0.25) is 0 Å². The molecule has 0 radical (unpaired) electrons. The molecule has 0 aliphatic rings. The van der Waals surface area contributed by atoms with Gasteiger partial charge in [-0.05, 0) is 43.8 Å². The summed E-state index contributed by atoms with van der Waals surface area (Å²) in [7, 11) is 0. The van der Waals surface area contributed by atoms with Gasteiger partial charge in [-0.1, -0.05) is 72.8 Å². The van der Waals surface area contributed by atoms with E-state index in [0.717, 1.165) is 16.2 Å². The third kappa shape index (κ3) is 1.53. The van der Waals surface area contributed by atoms with E-state index in [0.29, 0.717) is 5.75 Å². The molecule has 6 rings (SSSR count). The fraction of sp³-hybridized carbons (Fsp3) is 0. The highest BCUT2D eigenvalue weighted by atomic mass is 16.3. The smallest absolute Gasteiger partial charge is 0.124 e. The number of fused-ring (bicyclic) bond motifs is 5. The van der Waals surface area contributed by atoms with E-state index in [2.05, 4.69) is 66.7 Å². The number of hydrogen-bond donors (Lipinski definition) is 1. The quantitative estimate of drug-likeness (QED) is 0.247. The maximum atomic E-state index is 10.8. The largest absolute Gasteiger partial charge is 0.507 e. The lowest BCUT2D eigenvalue weighted by Crippen LogP contribution is -1.88. The van der Waals surface area contributed by atoms with Gasteiger partial charge in [0.15, 0.2) is 0 Å². The van der Waals surface area contributed by atoms with Crippen LogP contribution in [0.5, 0.6) is 5.75 Å². The van der Waals surface area contributed by atoms with E-state index in [-0.39, 0.29) is 0 Å². The molecule has 0 heterocycles. The lowest BCUT2D eigenvalue weighted by Gasteiger charge is -2.16. The van der Waals surface area contributed by atoms with Gasteiger partial charge >= 0.3 is 0 Å². The van der Waals surface area contributed by atoms with Crippen LogP contribution in [0.1, 0.15) is 0 Å². The average molecular weight is 318 g/mol. The van der Waals surface area contributed by atoms with Gasteiger partial charge in [-0.3, -0.25) is 0 Å². The number of phenolic OH excluding ortho intramolecular Hbond substituents is 1. The van der Waals surface area contributed by atoms with Crippen LogP contribution in [0.2, 0.25) is 0 Å². The van der Waals surface area contributed by atoms with Crippen LogP contribution < -0.4 is 0 Å². The SMILES string of the molecule is Oc1ccc2ccc3cccc4c5ccc6ccccc6c5c1c2c34. The molecule has 1 nitrogen and oxygen atoms in total. The van der Waals surface area contributed by atoms with Crippen molar-refractivity contribution >= 4 is 53.9 Å². The van der Waals surface area contributed by atoms with Gasteiger partial charge in [0.05, 0.1) is 0 Å². The Morgan fingerprint density at radius 1 is 0.400 bits per heavy atom. The minimum atomic E-state index is 0.354. The lowest BCUT2D eigenvalue weighted by molar-refractivity contribution is 0.482. The molecule has 0 fully saturated rings. The maximum absolute atomic E-state index is 10.8. The minimum Gasteiger partial charge on any atom is -0.507 e. The molecule has 0 amide bonds. The van der Waals surface area contributed by atoms with Crippen LogP contribution in [0, 0.1) is 0 Å². The first-order valence-corrected chi connectivity index (χ1v) is 8.53. The Labute approximate surface area is 144 Å². The molecule has 0 saturated carbocycles. The van der Waals surface area contributed by atoms with Crippen molar-refractivity contribution in [3.63, 3.8) is 0 Å². The van der Waals surface area contributed by atoms with Crippen molar-refractivity contribution in [2.45, 2.75) is 0 Å². The molecule has 1 N–H and O–H groups in total. The number of rotatable bonds is 0. The van der Waals surface area contributed by atoms with Gasteiger partial charge in [0, 0.05) is 16.2 Å². The molecule has 116 valence electrons. The Morgan fingerprint density at radius 3 is 1.96 bits per heavy atom. The van der Waals surface area contributed by atoms with Gasteiger partial charge in [-0.15, -0.1) is 0 Å². The molecule has 6 aromatic rings. The summed E-state index contributed by atoms with van der Waals surface area (Å²) in [6.07, 6.45) is 0. The van der Waals surface area contributed by atoms with Crippen molar-refractivity contribution in [2.75, 3.05) is 0 Å². The highest BCUT2D eigenvalue weighted by Gasteiger charge is 2.17. The predicted octanol–water partition coefficient (Wildman–Crippen LogP) is 6.60.